The molecule has 0 aliphatic carbocycles. The minimum absolute atomic E-state index is 0.0112. The first kappa shape index (κ1) is 24.6. The number of anilines is 3. The molecule has 5 rings (SSSR count). The fourth-order valence-electron chi connectivity index (χ4n) is 4.49. The standard InChI is InChI=1S/C25H24ClF4N5O/c26-20-14-17(3-4-21(20)27)22-15-18(16-23(32-22)34-10-12-36-13-11-34)33-6-8-35(9-7-33)24-19(25(28,29)30)2-1-5-31-24/h1-5,14-16H,6-13H2. The van der Waals surface area contributed by atoms with Gasteiger partial charge in [-0.1, -0.05) is 11.6 Å². The van der Waals surface area contributed by atoms with Gasteiger partial charge in [-0.05, 0) is 36.4 Å². The van der Waals surface area contributed by atoms with Gasteiger partial charge in [0.05, 0.1) is 29.5 Å². The van der Waals surface area contributed by atoms with E-state index < -0.39 is 17.6 Å². The van der Waals surface area contributed by atoms with Crippen LogP contribution in [0.15, 0.2) is 48.7 Å². The Hall–Kier alpha value is -3.11. The van der Waals surface area contributed by atoms with Gasteiger partial charge in [0, 0.05) is 62.8 Å². The Balaban J connectivity index is 1.43. The summed E-state index contributed by atoms with van der Waals surface area (Å²) in [4.78, 5) is 14.8. The number of alkyl halides is 3. The zero-order valence-corrected chi connectivity index (χ0v) is 20.1. The number of rotatable bonds is 4. The third-order valence-corrected chi connectivity index (χ3v) is 6.67. The lowest BCUT2D eigenvalue weighted by molar-refractivity contribution is -0.137. The fraction of sp³-hybridized carbons (Fsp3) is 0.360. The van der Waals surface area contributed by atoms with Crippen molar-refractivity contribution in [1.82, 2.24) is 9.97 Å². The number of nitrogens with zero attached hydrogens (tertiary/aromatic N) is 5. The normalized spacial score (nSPS) is 17.0. The van der Waals surface area contributed by atoms with Gasteiger partial charge < -0.3 is 19.4 Å². The molecular weight excluding hydrogens is 498 g/mol. The minimum atomic E-state index is -4.47. The van der Waals surface area contributed by atoms with Crippen LogP contribution in [0.2, 0.25) is 5.02 Å². The number of hydrogen-bond donors (Lipinski definition) is 0. The van der Waals surface area contributed by atoms with E-state index in [1.807, 2.05) is 12.1 Å². The van der Waals surface area contributed by atoms with Crippen LogP contribution in [0.3, 0.4) is 0 Å². The minimum Gasteiger partial charge on any atom is -0.378 e. The van der Waals surface area contributed by atoms with Crippen molar-refractivity contribution in [2.24, 2.45) is 0 Å². The van der Waals surface area contributed by atoms with Crippen molar-refractivity contribution in [3.8, 4) is 11.3 Å². The number of hydrogen-bond acceptors (Lipinski definition) is 6. The molecule has 4 heterocycles. The summed E-state index contributed by atoms with van der Waals surface area (Å²) >= 11 is 6.03. The molecule has 0 unspecified atom stereocenters. The van der Waals surface area contributed by atoms with Gasteiger partial charge in [-0.15, -0.1) is 0 Å². The first-order valence-electron chi connectivity index (χ1n) is 11.6. The molecule has 2 saturated heterocycles. The van der Waals surface area contributed by atoms with Gasteiger partial charge in [0.25, 0.3) is 0 Å². The molecule has 2 fully saturated rings. The van der Waals surface area contributed by atoms with Crippen molar-refractivity contribution in [2.75, 3.05) is 67.2 Å². The third-order valence-electron chi connectivity index (χ3n) is 6.38. The van der Waals surface area contributed by atoms with Crippen LogP contribution in [0.1, 0.15) is 5.56 Å². The highest BCUT2D eigenvalue weighted by atomic mass is 35.5. The van der Waals surface area contributed by atoms with E-state index >= 15 is 0 Å². The molecule has 36 heavy (non-hydrogen) atoms. The highest BCUT2D eigenvalue weighted by Crippen LogP contribution is 2.36. The second-order valence-corrected chi connectivity index (χ2v) is 9.05. The highest BCUT2D eigenvalue weighted by molar-refractivity contribution is 6.31. The second-order valence-electron chi connectivity index (χ2n) is 8.64. The molecule has 0 saturated carbocycles. The van der Waals surface area contributed by atoms with Crippen LogP contribution in [-0.2, 0) is 10.9 Å². The zero-order valence-electron chi connectivity index (χ0n) is 19.3. The van der Waals surface area contributed by atoms with Gasteiger partial charge in [-0.2, -0.15) is 13.2 Å². The molecule has 0 bridgehead atoms. The van der Waals surface area contributed by atoms with Crippen molar-refractivity contribution < 1.29 is 22.3 Å². The highest BCUT2D eigenvalue weighted by Gasteiger charge is 2.36. The number of pyridine rings is 2. The predicted octanol–water partition coefficient (Wildman–Crippen LogP) is 5.12. The number of morpholine rings is 1. The molecule has 11 heteroatoms. The van der Waals surface area contributed by atoms with Crippen molar-refractivity contribution >= 4 is 28.9 Å². The number of ether oxygens (including phenoxy) is 1. The van der Waals surface area contributed by atoms with E-state index in [-0.39, 0.29) is 10.8 Å². The van der Waals surface area contributed by atoms with E-state index in [2.05, 4.69) is 14.8 Å². The van der Waals surface area contributed by atoms with Crippen molar-refractivity contribution in [3.63, 3.8) is 0 Å². The van der Waals surface area contributed by atoms with E-state index in [1.165, 1.54) is 18.3 Å². The lowest BCUT2D eigenvalue weighted by Crippen LogP contribution is -2.47. The van der Waals surface area contributed by atoms with Crippen molar-refractivity contribution in [1.29, 1.82) is 0 Å². The number of piperazine rings is 1. The molecule has 2 aromatic heterocycles. The molecule has 190 valence electrons. The molecule has 2 aliphatic rings. The van der Waals surface area contributed by atoms with Crippen LogP contribution in [0.25, 0.3) is 11.3 Å². The predicted molar refractivity (Wildman–Crippen MR) is 131 cm³/mol. The zero-order chi connectivity index (χ0) is 25.3. The average molecular weight is 522 g/mol. The Morgan fingerprint density at radius 1 is 0.861 bits per heavy atom. The van der Waals surface area contributed by atoms with E-state index in [0.29, 0.717) is 63.7 Å². The summed E-state index contributed by atoms with van der Waals surface area (Å²) < 4.78 is 59.7. The summed E-state index contributed by atoms with van der Waals surface area (Å²) in [7, 11) is 0. The Kier molecular flexibility index (Phi) is 6.90. The van der Waals surface area contributed by atoms with E-state index in [4.69, 9.17) is 21.3 Å². The maximum absolute atomic E-state index is 13.8. The number of halogens is 5. The summed E-state index contributed by atoms with van der Waals surface area (Å²) in [6.07, 6.45) is -3.08. The largest absolute Gasteiger partial charge is 0.419 e. The molecular formula is C25H24ClF4N5O. The van der Waals surface area contributed by atoms with Gasteiger partial charge in [0.2, 0.25) is 0 Å². The summed E-state index contributed by atoms with van der Waals surface area (Å²) in [5.41, 5.74) is 1.48. The molecule has 0 radical (unpaired) electrons. The molecule has 6 nitrogen and oxygen atoms in total. The number of aromatic nitrogens is 2. The second kappa shape index (κ2) is 10.1. The Morgan fingerprint density at radius 2 is 1.58 bits per heavy atom. The molecule has 0 amide bonds. The monoisotopic (exact) mass is 521 g/mol. The third kappa shape index (κ3) is 5.19. The van der Waals surface area contributed by atoms with Crippen LogP contribution in [0.5, 0.6) is 0 Å². The van der Waals surface area contributed by atoms with Gasteiger partial charge in [0.1, 0.15) is 17.5 Å². The Morgan fingerprint density at radius 3 is 2.28 bits per heavy atom. The lowest BCUT2D eigenvalue weighted by Gasteiger charge is -2.38. The summed E-state index contributed by atoms with van der Waals surface area (Å²) in [6.45, 7) is 4.33. The molecule has 1 aromatic carbocycles. The SMILES string of the molecule is Fc1ccc(-c2cc(N3CCN(c4ncccc4C(F)(F)F)CC3)cc(N3CCOCC3)n2)cc1Cl. The Labute approximate surface area is 211 Å². The summed E-state index contributed by atoms with van der Waals surface area (Å²) in [6, 6.07) is 10.7. The van der Waals surface area contributed by atoms with Crippen molar-refractivity contribution in [3.05, 3.63) is 65.1 Å². The van der Waals surface area contributed by atoms with Crippen LogP contribution in [-0.4, -0.2) is 62.5 Å². The van der Waals surface area contributed by atoms with E-state index in [0.717, 1.165) is 17.6 Å². The fourth-order valence-corrected chi connectivity index (χ4v) is 4.67. The summed E-state index contributed by atoms with van der Waals surface area (Å²) in [5.74, 6) is 0.210. The molecule has 3 aromatic rings. The van der Waals surface area contributed by atoms with Gasteiger partial charge >= 0.3 is 6.18 Å². The van der Waals surface area contributed by atoms with Crippen molar-refractivity contribution in [2.45, 2.75) is 6.18 Å². The lowest BCUT2D eigenvalue weighted by atomic mass is 10.1. The first-order chi connectivity index (χ1) is 17.3. The van der Waals surface area contributed by atoms with Crippen LogP contribution in [0, 0.1) is 5.82 Å². The molecule has 0 atom stereocenters. The van der Waals surface area contributed by atoms with Gasteiger partial charge in [0.15, 0.2) is 0 Å². The average Bonchev–Trinajstić information content (AvgIpc) is 2.90. The topological polar surface area (TPSA) is 44.7 Å². The van der Waals surface area contributed by atoms with Gasteiger partial charge in [-0.3, -0.25) is 0 Å². The maximum atomic E-state index is 13.8. The smallest absolute Gasteiger partial charge is 0.378 e. The van der Waals surface area contributed by atoms with E-state index in [9.17, 15) is 17.6 Å². The van der Waals surface area contributed by atoms with Crippen LogP contribution in [0.4, 0.5) is 34.9 Å². The first-order valence-corrected chi connectivity index (χ1v) is 12.0. The van der Waals surface area contributed by atoms with Crippen LogP contribution < -0.4 is 14.7 Å². The Bertz CT molecular complexity index is 1230. The molecule has 0 N–H and O–H groups in total. The molecule has 2 aliphatic heterocycles. The maximum Gasteiger partial charge on any atom is 0.419 e. The van der Waals surface area contributed by atoms with Crippen LogP contribution >= 0.6 is 11.6 Å². The number of benzene rings is 1. The van der Waals surface area contributed by atoms with E-state index in [1.54, 1.807) is 17.0 Å². The van der Waals surface area contributed by atoms with Gasteiger partial charge in [-0.25, -0.2) is 14.4 Å². The quantitative estimate of drug-likeness (QED) is 0.444. The summed E-state index contributed by atoms with van der Waals surface area (Å²) in [5, 5.41) is 0.0112. The molecule has 0 spiro atoms.